The Balaban J connectivity index is 1.97. The summed E-state index contributed by atoms with van der Waals surface area (Å²) in [6.07, 6.45) is -0.690. The molecular formula is C17H19ClN2O3. The monoisotopic (exact) mass is 334 g/mol. The van der Waals surface area contributed by atoms with Crippen LogP contribution in [-0.4, -0.2) is 17.7 Å². The number of aryl methyl sites for hydroxylation is 2. The molecule has 0 aliphatic carbocycles. The molecule has 122 valence electrons. The third kappa shape index (κ3) is 4.60. The average molecular weight is 335 g/mol. The first kappa shape index (κ1) is 17.1. The summed E-state index contributed by atoms with van der Waals surface area (Å²) in [5.74, 6) is 1.67. The molecule has 23 heavy (non-hydrogen) atoms. The summed E-state index contributed by atoms with van der Waals surface area (Å²) in [6.45, 7) is 7.13. The molecule has 1 atom stereocenters. The topological polar surface area (TPSA) is 63.8 Å². The molecule has 6 heteroatoms. The number of carbonyl (C=O) groups excluding carboxylic acids is 1. The quantitative estimate of drug-likeness (QED) is 0.667. The van der Waals surface area contributed by atoms with Crippen LogP contribution in [-0.2, 0) is 4.79 Å². The predicted octanol–water partition coefficient (Wildman–Crippen LogP) is 3.86. The van der Waals surface area contributed by atoms with Gasteiger partial charge in [-0.2, -0.15) is 5.10 Å². The molecule has 1 heterocycles. The number of carbonyl (C=O) groups is 1. The Bertz CT molecular complexity index is 737. The zero-order chi connectivity index (χ0) is 17.0. The lowest BCUT2D eigenvalue weighted by Crippen LogP contribution is -2.34. The molecule has 0 fully saturated rings. The zero-order valence-electron chi connectivity index (χ0n) is 13.5. The Morgan fingerprint density at radius 1 is 1.30 bits per heavy atom. The normalized spacial score (nSPS) is 12.8. The van der Waals surface area contributed by atoms with Gasteiger partial charge in [0.25, 0.3) is 5.91 Å². The Morgan fingerprint density at radius 2 is 2.04 bits per heavy atom. The Morgan fingerprint density at radius 3 is 2.65 bits per heavy atom. The largest absolute Gasteiger partial charge is 0.481 e. The SMILES string of the molecule is C/C(=N/NC(=O)[C@H](C)Oc1ccc(Cl)cc1C)c1ccc(C)o1. The van der Waals surface area contributed by atoms with Crippen molar-refractivity contribution in [2.45, 2.75) is 33.8 Å². The molecule has 0 saturated carbocycles. The highest BCUT2D eigenvalue weighted by Crippen LogP contribution is 2.22. The second-order valence-corrected chi connectivity index (χ2v) is 5.69. The van der Waals surface area contributed by atoms with E-state index in [0.29, 0.717) is 22.2 Å². The number of ether oxygens (including phenoxy) is 1. The lowest BCUT2D eigenvalue weighted by molar-refractivity contribution is -0.127. The molecule has 0 unspecified atom stereocenters. The van der Waals surface area contributed by atoms with Crippen molar-refractivity contribution in [3.05, 3.63) is 52.4 Å². The van der Waals surface area contributed by atoms with E-state index in [4.69, 9.17) is 20.8 Å². The van der Waals surface area contributed by atoms with E-state index in [-0.39, 0.29) is 5.91 Å². The van der Waals surface area contributed by atoms with Gasteiger partial charge in [-0.25, -0.2) is 5.43 Å². The van der Waals surface area contributed by atoms with Gasteiger partial charge >= 0.3 is 0 Å². The van der Waals surface area contributed by atoms with Crippen LogP contribution in [0.4, 0.5) is 0 Å². The molecule has 2 aromatic rings. The van der Waals surface area contributed by atoms with E-state index in [2.05, 4.69) is 10.5 Å². The van der Waals surface area contributed by atoms with Gasteiger partial charge in [-0.3, -0.25) is 4.79 Å². The van der Waals surface area contributed by atoms with Gasteiger partial charge in [-0.15, -0.1) is 0 Å². The van der Waals surface area contributed by atoms with Crippen LogP contribution in [0.1, 0.15) is 30.9 Å². The third-order valence-electron chi connectivity index (χ3n) is 3.24. The molecule has 0 radical (unpaired) electrons. The summed E-state index contributed by atoms with van der Waals surface area (Å²) < 4.78 is 11.1. The zero-order valence-corrected chi connectivity index (χ0v) is 14.3. The average Bonchev–Trinajstić information content (AvgIpc) is 2.93. The number of rotatable bonds is 5. The fourth-order valence-electron chi connectivity index (χ4n) is 1.90. The van der Waals surface area contributed by atoms with Crippen LogP contribution < -0.4 is 10.2 Å². The molecule has 0 spiro atoms. The van der Waals surface area contributed by atoms with Gasteiger partial charge in [-0.1, -0.05) is 11.6 Å². The van der Waals surface area contributed by atoms with Crippen LogP contribution in [0, 0.1) is 13.8 Å². The standard InChI is InChI=1S/C17H19ClN2O3/c1-10-9-14(18)6-8-15(10)23-13(4)17(21)20-19-12(3)16-7-5-11(2)22-16/h5-9,13H,1-4H3,(H,20,21)/b19-12-/t13-/m0/s1. The van der Waals surface area contributed by atoms with Crippen LogP contribution in [0.15, 0.2) is 39.9 Å². The maximum Gasteiger partial charge on any atom is 0.280 e. The van der Waals surface area contributed by atoms with E-state index < -0.39 is 6.10 Å². The maximum atomic E-state index is 12.1. The molecule has 0 aliphatic rings. The fourth-order valence-corrected chi connectivity index (χ4v) is 2.13. The molecule has 2 rings (SSSR count). The third-order valence-corrected chi connectivity index (χ3v) is 3.48. The summed E-state index contributed by atoms with van der Waals surface area (Å²) in [4.78, 5) is 12.1. The lowest BCUT2D eigenvalue weighted by Gasteiger charge is -2.15. The van der Waals surface area contributed by atoms with Crippen molar-refractivity contribution >= 4 is 23.2 Å². The molecule has 1 N–H and O–H groups in total. The number of hydrazone groups is 1. The van der Waals surface area contributed by atoms with Crippen molar-refractivity contribution in [1.82, 2.24) is 5.43 Å². The summed E-state index contributed by atoms with van der Waals surface area (Å²) in [7, 11) is 0. The number of nitrogens with one attached hydrogen (secondary N) is 1. The van der Waals surface area contributed by atoms with E-state index in [1.165, 1.54) is 0 Å². The molecule has 1 aromatic carbocycles. The number of benzene rings is 1. The number of furan rings is 1. The van der Waals surface area contributed by atoms with Crippen molar-refractivity contribution in [2.75, 3.05) is 0 Å². The first-order valence-electron chi connectivity index (χ1n) is 7.20. The Hall–Kier alpha value is -2.27. The first-order valence-corrected chi connectivity index (χ1v) is 7.58. The Labute approximate surface area is 140 Å². The number of nitrogens with zero attached hydrogens (tertiary/aromatic N) is 1. The van der Waals surface area contributed by atoms with Crippen LogP contribution in [0.3, 0.4) is 0 Å². The van der Waals surface area contributed by atoms with Crippen LogP contribution in [0.5, 0.6) is 5.75 Å². The lowest BCUT2D eigenvalue weighted by atomic mass is 10.2. The summed E-state index contributed by atoms with van der Waals surface area (Å²) in [6, 6.07) is 8.88. The van der Waals surface area contributed by atoms with E-state index in [9.17, 15) is 4.79 Å². The van der Waals surface area contributed by atoms with Crippen LogP contribution in [0.2, 0.25) is 5.02 Å². The summed E-state index contributed by atoms with van der Waals surface area (Å²) in [5.41, 5.74) is 3.93. The molecular weight excluding hydrogens is 316 g/mol. The van der Waals surface area contributed by atoms with E-state index >= 15 is 0 Å². The van der Waals surface area contributed by atoms with Gasteiger partial charge < -0.3 is 9.15 Å². The van der Waals surface area contributed by atoms with Crippen molar-refractivity contribution < 1.29 is 13.9 Å². The maximum absolute atomic E-state index is 12.1. The minimum absolute atomic E-state index is 0.345. The molecule has 1 amide bonds. The van der Waals surface area contributed by atoms with Gasteiger partial charge in [-0.05, 0) is 63.6 Å². The highest BCUT2D eigenvalue weighted by Gasteiger charge is 2.15. The van der Waals surface area contributed by atoms with Gasteiger partial charge in [0.15, 0.2) is 6.10 Å². The molecule has 0 bridgehead atoms. The van der Waals surface area contributed by atoms with Crippen molar-refractivity contribution in [2.24, 2.45) is 5.10 Å². The van der Waals surface area contributed by atoms with E-state index in [1.807, 2.05) is 19.9 Å². The van der Waals surface area contributed by atoms with Gasteiger partial charge in [0.1, 0.15) is 23.0 Å². The minimum Gasteiger partial charge on any atom is -0.481 e. The van der Waals surface area contributed by atoms with Crippen molar-refractivity contribution in [3.8, 4) is 5.75 Å². The van der Waals surface area contributed by atoms with E-state index in [0.717, 1.165) is 11.3 Å². The number of halogens is 1. The molecule has 0 saturated heterocycles. The summed E-state index contributed by atoms with van der Waals surface area (Å²) in [5, 5.41) is 4.66. The molecule has 0 aliphatic heterocycles. The number of hydrogen-bond donors (Lipinski definition) is 1. The molecule has 1 aromatic heterocycles. The van der Waals surface area contributed by atoms with Gasteiger partial charge in [0, 0.05) is 5.02 Å². The number of hydrogen-bond acceptors (Lipinski definition) is 4. The van der Waals surface area contributed by atoms with Crippen molar-refractivity contribution in [1.29, 1.82) is 0 Å². The second-order valence-electron chi connectivity index (χ2n) is 5.25. The second kappa shape index (κ2) is 7.33. The highest BCUT2D eigenvalue weighted by atomic mass is 35.5. The smallest absolute Gasteiger partial charge is 0.280 e. The van der Waals surface area contributed by atoms with Crippen LogP contribution >= 0.6 is 11.6 Å². The molecule has 5 nitrogen and oxygen atoms in total. The Kier molecular flexibility index (Phi) is 5.45. The number of amides is 1. The fraction of sp³-hybridized carbons (Fsp3) is 0.294. The predicted molar refractivity (Wildman–Crippen MR) is 90.1 cm³/mol. The van der Waals surface area contributed by atoms with Gasteiger partial charge in [0.05, 0.1) is 0 Å². The van der Waals surface area contributed by atoms with Crippen molar-refractivity contribution in [3.63, 3.8) is 0 Å². The summed E-state index contributed by atoms with van der Waals surface area (Å²) >= 11 is 5.90. The van der Waals surface area contributed by atoms with Crippen LogP contribution in [0.25, 0.3) is 0 Å². The van der Waals surface area contributed by atoms with E-state index in [1.54, 1.807) is 38.1 Å². The van der Waals surface area contributed by atoms with Gasteiger partial charge in [0.2, 0.25) is 0 Å². The highest BCUT2D eigenvalue weighted by molar-refractivity contribution is 6.30. The minimum atomic E-state index is -0.690. The first-order chi connectivity index (χ1) is 10.9.